The van der Waals surface area contributed by atoms with Crippen LogP contribution in [0.15, 0.2) is 22.5 Å². The molecule has 0 aliphatic rings. The van der Waals surface area contributed by atoms with E-state index in [2.05, 4.69) is 64.1 Å². The zero-order chi connectivity index (χ0) is 17.8. The molecular formula is C17H34IN5OS. The van der Waals surface area contributed by atoms with Gasteiger partial charge in [-0.1, -0.05) is 6.07 Å². The lowest BCUT2D eigenvalue weighted by molar-refractivity contribution is 0.180. The van der Waals surface area contributed by atoms with Crippen molar-refractivity contribution in [1.29, 1.82) is 0 Å². The third-order valence-corrected chi connectivity index (χ3v) is 4.83. The number of thiophene rings is 1. The molecule has 1 unspecified atom stereocenters. The molecular weight excluding hydrogens is 449 g/mol. The molecule has 1 heterocycles. The molecule has 1 aromatic rings. The molecule has 0 aliphatic carbocycles. The van der Waals surface area contributed by atoms with Gasteiger partial charge in [-0.25, -0.2) is 0 Å². The van der Waals surface area contributed by atoms with E-state index < -0.39 is 0 Å². The number of hydrogen-bond acceptors (Lipinski definition) is 5. The molecule has 1 rings (SSSR count). The summed E-state index contributed by atoms with van der Waals surface area (Å²) in [6.45, 7) is 4.54. The number of halogens is 1. The fraction of sp³-hybridized carbons (Fsp3) is 0.706. The number of guanidine groups is 1. The van der Waals surface area contributed by atoms with Crippen molar-refractivity contribution in [2.75, 3.05) is 68.1 Å². The molecule has 0 amide bonds. The van der Waals surface area contributed by atoms with Crippen LogP contribution in [0, 0.1) is 0 Å². The summed E-state index contributed by atoms with van der Waals surface area (Å²) in [5, 5.41) is 8.94. The topological polar surface area (TPSA) is 52.1 Å². The molecule has 6 nitrogen and oxygen atoms in total. The fourth-order valence-electron chi connectivity index (χ4n) is 2.39. The fourth-order valence-corrected chi connectivity index (χ4v) is 3.31. The van der Waals surface area contributed by atoms with Gasteiger partial charge in [0.05, 0.1) is 6.04 Å². The molecule has 0 aliphatic heterocycles. The van der Waals surface area contributed by atoms with Crippen LogP contribution in [-0.2, 0) is 4.74 Å². The molecule has 0 saturated carbocycles. The van der Waals surface area contributed by atoms with Gasteiger partial charge in [-0.2, -0.15) is 0 Å². The van der Waals surface area contributed by atoms with Crippen LogP contribution >= 0.6 is 35.3 Å². The minimum atomic E-state index is 0. The van der Waals surface area contributed by atoms with Crippen molar-refractivity contribution in [1.82, 2.24) is 20.4 Å². The number of ether oxygens (including phenoxy) is 1. The highest BCUT2D eigenvalue weighted by Crippen LogP contribution is 2.22. The van der Waals surface area contributed by atoms with Gasteiger partial charge >= 0.3 is 0 Å². The Kier molecular flexibility index (Phi) is 14.5. The van der Waals surface area contributed by atoms with Crippen LogP contribution in [0.4, 0.5) is 0 Å². The van der Waals surface area contributed by atoms with Crippen molar-refractivity contribution >= 4 is 41.3 Å². The molecule has 2 N–H and O–H groups in total. The Bertz CT molecular complexity index is 456. The van der Waals surface area contributed by atoms with E-state index in [1.807, 2.05) is 7.05 Å². The second-order valence-electron chi connectivity index (χ2n) is 6.02. The molecule has 1 aromatic heterocycles. The summed E-state index contributed by atoms with van der Waals surface area (Å²) in [6.07, 6.45) is 1.06. The van der Waals surface area contributed by atoms with Gasteiger partial charge in [0, 0.05) is 51.8 Å². The van der Waals surface area contributed by atoms with Gasteiger partial charge in [0.2, 0.25) is 0 Å². The Hall–Kier alpha value is -0.420. The van der Waals surface area contributed by atoms with Crippen LogP contribution in [0.2, 0.25) is 0 Å². The summed E-state index contributed by atoms with van der Waals surface area (Å²) in [6, 6.07) is 4.63. The van der Waals surface area contributed by atoms with Crippen LogP contribution in [0.25, 0.3) is 0 Å². The Labute approximate surface area is 174 Å². The van der Waals surface area contributed by atoms with Gasteiger partial charge in [0.25, 0.3) is 0 Å². The smallest absolute Gasteiger partial charge is 0.191 e. The first-order valence-corrected chi connectivity index (χ1v) is 9.28. The van der Waals surface area contributed by atoms with Crippen molar-refractivity contribution in [3.05, 3.63) is 22.4 Å². The summed E-state index contributed by atoms with van der Waals surface area (Å²) in [7, 11) is 9.91. The van der Waals surface area contributed by atoms with Gasteiger partial charge in [-0.15, -0.1) is 35.3 Å². The standard InChI is InChI=1S/C17H33N5OS.HI/c1-18-17(19-9-11-22(4)10-7-12-23-5)20-14-15(21(2)3)16-8-6-13-24-16;/h6,8,13,15H,7,9-12,14H2,1-5H3,(H2,18,19,20);1H. The first-order chi connectivity index (χ1) is 11.6. The molecule has 0 saturated heterocycles. The van der Waals surface area contributed by atoms with Crippen molar-refractivity contribution in [2.45, 2.75) is 12.5 Å². The zero-order valence-corrected chi connectivity index (χ0v) is 19.3. The number of rotatable bonds is 11. The average Bonchev–Trinajstić information content (AvgIpc) is 3.07. The second-order valence-corrected chi connectivity index (χ2v) is 7.00. The molecule has 0 aromatic carbocycles. The van der Waals surface area contributed by atoms with E-state index in [1.165, 1.54) is 4.88 Å². The lowest BCUT2D eigenvalue weighted by Crippen LogP contribution is -2.43. The van der Waals surface area contributed by atoms with Gasteiger partial charge in [-0.3, -0.25) is 4.99 Å². The lowest BCUT2D eigenvalue weighted by atomic mass is 10.2. The molecule has 1 atom stereocenters. The SMILES string of the molecule is CN=C(NCCN(C)CCCOC)NCC(c1cccs1)N(C)C.I. The predicted octanol–water partition coefficient (Wildman–Crippen LogP) is 2.10. The van der Waals surface area contributed by atoms with Crippen LogP contribution in [0.1, 0.15) is 17.3 Å². The number of methoxy groups -OCH3 is 1. The monoisotopic (exact) mass is 483 g/mol. The molecule has 8 heteroatoms. The van der Waals surface area contributed by atoms with Gasteiger partial charge in [0.15, 0.2) is 5.96 Å². The molecule has 25 heavy (non-hydrogen) atoms. The molecule has 146 valence electrons. The molecule has 0 fully saturated rings. The maximum atomic E-state index is 5.08. The summed E-state index contributed by atoms with van der Waals surface area (Å²) in [4.78, 5) is 10.2. The van der Waals surface area contributed by atoms with Gasteiger partial charge < -0.3 is 25.2 Å². The van der Waals surface area contributed by atoms with Gasteiger partial charge in [0.1, 0.15) is 0 Å². The molecule has 0 spiro atoms. The quantitative estimate of drug-likeness (QED) is 0.219. The Morgan fingerprint density at radius 1 is 1.28 bits per heavy atom. The second kappa shape index (κ2) is 14.7. The van der Waals surface area contributed by atoms with E-state index in [0.717, 1.165) is 45.2 Å². The first kappa shape index (κ1) is 24.6. The highest BCUT2D eigenvalue weighted by molar-refractivity contribution is 14.0. The third kappa shape index (κ3) is 10.3. The number of aliphatic imine (C=N–C) groups is 1. The minimum Gasteiger partial charge on any atom is -0.385 e. The van der Waals surface area contributed by atoms with E-state index in [-0.39, 0.29) is 24.0 Å². The average molecular weight is 483 g/mol. The predicted molar refractivity (Wildman–Crippen MR) is 120 cm³/mol. The maximum absolute atomic E-state index is 5.08. The van der Waals surface area contributed by atoms with Crippen LogP contribution in [-0.4, -0.2) is 83.8 Å². The largest absolute Gasteiger partial charge is 0.385 e. The summed E-state index contributed by atoms with van der Waals surface area (Å²) < 4.78 is 5.08. The first-order valence-electron chi connectivity index (χ1n) is 8.40. The Morgan fingerprint density at radius 3 is 2.60 bits per heavy atom. The molecule has 0 bridgehead atoms. The zero-order valence-electron chi connectivity index (χ0n) is 16.1. The van der Waals surface area contributed by atoms with Crippen molar-refractivity contribution in [3.63, 3.8) is 0 Å². The summed E-state index contributed by atoms with van der Waals surface area (Å²) in [5.74, 6) is 0.851. The van der Waals surface area contributed by atoms with E-state index in [9.17, 15) is 0 Å². The van der Waals surface area contributed by atoms with E-state index in [4.69, 9.17) is 4.74 Å². The van der Waals surface area contributed by atoms with Gasteiger partial charge in [-0.05, 0) is 39.0 Å². The number of nitrogens with one attached hydrogen (secondary N) is 2. The van der Waals surface area contributed by atoms with Crippen molar-refractivity contribution in [3.8, 4) is 0 Å². The Morgan fingerprint density at radius 2 is 2.04 bits per heavy atom. The summed E-state index contributed by atoms with van der Waals surface area (Å²) >= 11 is 1.79. The number of hydrogen-bond donors (Lipinski definition) is 2. The van der Waals surface area contributed by atoms with Crippen LogP contribution < -0.4 is 10.6 Å². The lowest BCUT2D eigenvalue weighted by Gasteiger charge is -2.25. The highest BCUT2D eigenvalue weighted by atomic mass is 127. The van der Waals surface area contributed by atoms with E-state index in [0.29, 0.717) is 6.04 Å². The minimum absolute atomic E-state index is 0. The normalized spacial score (nSPS) is 13.0. The van der Waals surface area contributed by atoms with E-state index >= 15 is 0 Å². The van der Waals surface area contributed by atoms with Crippen molar-refractivity contribution < 1.29 is 4.74 Å². The third-order valence-electron chi connectivity index (χ3n) is 3.86. The molecule has 0 radical (unpaired) electrons. The van der Waals surface area contributed by atoms with E-state index in [1.54, 1.807) is 18.4 Å². The van der Waals surface area contributed by atoms with Crippen LogP contribution in [0.5, 0.6) is 0 Å². The van der Waals surface area contributed by atoms with Crippen molar-refractivity contribution in [2.24, 2.45) is 4.99 Å². The number of nitrogens with zero attached hydrogens (tertiary/aromatic N) is 3. The maximum Gasteiger partial charge on any atom is 0.191 e. The highest BCUT2D eigenvalue weighted by Gasteiger charge is 2.15. The number of likely N-dealkylation sites (N-methyl/N-ethyl adjacent to an activating group) is 2. The Balaban J connectivity index is 0.00000576. The summed E-state index contributed by atoms with van der Waals surface area (Å²) in [5.41, 5.74) is 0. The van der Waals surface area contributed by atoms with Crippen LogP contribution in [0.3, 0.4) is 0 Å².